The minimum Gasteiger partial charge on any atom is -0.393 e. The van der Waals surface area contributed by atoms with Gasteiger partial charge in [-0.2, -0.15) is 0 Å². The van der Waals surface area contributed by atoms with Crippen molar-refractivity contribution in [2.45, 2.75) is 39.2 Å². The molecule has 0 saturated carbocycles. The van der Waals surface area contributed by atoms with Crippen molar-refractivity contribution in [2.24, 2.45) is 5.92 Å². The number of hydrogen-bond acceptors (Lipinski definition) is 3. The fraction of sp³-hybridized carbons (Fsp3) is 0.833. The van der Waals surface area contributed by atoms with Crippen LogP contribution >= 0.6 is 0 Å². The molecule has 1 rings (SSSR count). The molecule has 0 bridgehead atoms. The number of carbonyl (C=O) groups is 2. The zero-order chi connectivity index (χ0) is 12.8. The molecule has 2 N–H and O–H groups in total. The lowest BCUT2D eigenvalue weighted by Crippen LogP contribution is -2.35. The van der Waals surface area contributed by atoms with E-state index in [9.17, 15) is 9.59 Å². The predicted molar refractivity (Wildman–Crippen MR) is 64.3 cm³/mol. The van der Waals surface area contributed by atoms with Crippen molar-refractivity contribution in [2.75, 3.05) is 19.6 Å². The van der Waals surface area contributed by atoms with Crippen LogP contribution in [-0.4, -0.2) is 47.6 Å². The van der Waals surface area contributed by atoms with E-state index in [0.29, 0.717) is 32.5 Å². The summed E-state index contributed by atoms with van der Waals surface area (Å²) < 4.78 is 0. The van der Waals surface area contributed by atoms with Crippen LogP contribution in [0.15, 0.2) is 0 Å². The molecule has 1 aliphatic rings. The van der Waals surface area contributed by atoms with Crippen LogP contribution in [0.25, 0.3) is 0 Å². The first-order valence-corrected chi connectivity index (χ1v) is 6.28. The Labute approximate surface area is 102 Å². The fourth-order valence-corrected chi connectivity index (χ4v) is 1.97. The van der Waals surface area contributed by atoms with E-state index in [4.69, 9.17) is 5.11 Å². The van der Waals surface area contributed by atoms with E-state index in [1.807, 2.05) is 6.92 Å². The summed E-state index contributed by atoms with van der Waals surface area (Å²) in [6.45, 7) is 5.24. The standard InChI is InChI=1S/C12H22N2O3/c1-3-11(16)14-7-5-10(8-14)12(17)13-6-4-9(2)15/h9-10,15H,3-8H2,1-2H3,(H,13,17). The highest BCUT2D eigenvalue weighted by Crippen LogP contribution is 2.17. The number of rotatable bonds is 5. The van der Waals surface area contributed by atoms with Crippen molar-refractivity contribution in [3.8, 4) is 0 Å². The molecule has 17 heavy (non-hydrogen) atoms. The normalized spacial score (nSPS) is 21.4. The second-order valence-electron chi connectivity index (χ2n) is 4.61. The van der Waals surface area contributed by atoms with Crippen LogP contribution in [0.2, 0.25) is 0 Å². The van der Waals surface area contributed by atoms with E-state index in [0.717, 1.165) is 6.42 Å². The first kappa shape index (κ1) is 14.0. The van der Waals surface area contributed by atoms with E-state index in [1.54, 1.807) is 11.8 Å². The van der Waals surface area contributed by atoms with Gasteiger partial charge in [0.25, 0.3) is 0 Å². The number of nitrogens with zero attached hydrogens (tertiary/aromatic N) is 1. The van der Waals surface area contributed by atoms with E-state index in [2.05, 4.69) is 5.32 Å². The Morgan fingerprint density at radius 1 is 1.53 bits per heavy atom. The number of carbonyl (C=O) groups excluding carboxylic acids is 2. The highest BCUT2D eigenvalue weighted by atomic mass is 16.3. The Balaban J connectivity index is 2.28. The lowest BCUT2D eigenvalue weighted by atomic mass is 10.1. The minimum atomic E-state index is -0.392. The highest BCUT2D eigenvalue weighted by Gasteiger charge is 2.29. The van der Waals surface area contributed by atoms with Gasteiger partial charge in [-0.15, -0.1) is 0 Å². The predicted octanol–water partition coefficient (Wildman–Crippen LogP) is 0.132. The van der Waals surface area contributed by atoms with Crippen LogP contribution in [0.3, 0.4) is 0 Å². The first-order chi connectivity index (χ1) is 8.04. The molecule has 98 valence electrons. The first-order valence-electron chi connectivity index (χ1n) is 6.28. The van der Waals surface area contributed by atoms with Crippen LogP contribution in [0.5, 0.6) is 0 Å². The number of nitrogens with one attached hydrogen (secondary N) is 1. The van der Waals surface area contributed by atoms with Crippen molar-refractivity contribution in [1.29, 1.82) is 0 Å². The third-order valence-corrected chi connectivity index (χ3v) is 3.08. The van der Waals surface area contributed by atoms with Crippen LogP contribution < -0.4 is 5.32 Å². The van der Waals surface area contributed by atoms with Gasteiger partial charge >= 0.3 is 0 Å². The van der Waals surface area contributed by atoms with Gasteiger partial charge in [0.15, 0.2) is 0 Å². The van der Waals surface area contributed by atoms with E-state index in [1.165, 1.54) is 0 Å². The molecule has 2 amide bonds. The molecule has 0 radical (unpaired) electrons. The third kappa shape index (κ3) is 4.34. The van der Waals surface area contributed by atoms with Crippen LogP contribution in [0.4, 0.5) is 0 Å². The van der Waals surface area contributed by atoms with E-state index < -0.39 is 6.10 Å². The van der Waals surface area contributed by atoms with Gasteiger partial charge in [0.05, 0.1) is 12.0 Å². The summed E-state index contributed by atoms with van der Waals surface area (Å²) in [5.41, 5.74) is 0. The van der Waals surface area contributed by atoms with Gasteiger partial charge in [0, 0.05) is 26.1 Å². The summed E-state index contributed by atoms with van der Waals surface area (Å²) in [5.74, 6) is 0.0285. The molecule has 0 aromatic rings. The molecule has 0 aromatic carbocycles. The Kier molecular flexibility index (Phi) is 5.41. The van der Waals surface area contributed by atoms with Gasteiger partial charge in [0.1, 0.15) is 0 Å². The summed E-state index contributed by atoms with van der Waals surface area (Å²) >= 11 is 0. The molecule has 1 heterocycles. The number of amides is 2. The molecule has 1 fully saturated rings. The molecular weight excluding hydrogens is 220 g/mol. The Bertz CT molecular complexity index is 279. The maximum Gasteiger partial charge on any atom is 0.224 e. The zero-order valence-electron chi connectivity index (χ0n) is 10.6. The largest absolute Gasteiger partial charge is 0.393 e. The topological polar surface area (TPSA) is 69.6 Å². The van der Waals surface area contributed by atoms with Crippen LogP contribution in [-0.2, 0) is 9.59 Å². The molecule has 1 aliphatic heterocycles. The fourth-order valence-electron chi connectivity index (χ4n) is 1.97. The lowest BCUT2D eigenvalue weighted by molar-refractivity contribution is -0.130. The highest BCUT2D eigenvalue weighted by molar-refractivity contribution is 5.82. The molecule has 5 nitrogen and oxygen atoms in total. The second kappa shape index (κ2) is 6.59. The SMILES string of the molecule is CCC(=O)N1CCC(C(=O)NCCC(C)O)C1. The summed E-state index contributed by atoms with van der Waals surface area (Å²) in [5, 5.41) is 11.9. The summed E-state index contributed by atoms with van der Waals surface area (Å²) in [6, 6.07) is 0. The van der Waals surface area contributed by atoms with Gasteiger partial charge in [0.2, 0.25) is 11.8 Å². The Morgan fingerprint density at radius 3 is 2.82 bits per heavy atom. The molecule has 5 heteroatoms. The van der Waals surface area contributed by atoms with Gasteiger partial charge < -0.3 is 15.3 Å². The molecular formula is C12H22N2O3. The molecule has 2 atom stereocenters. The zero-order valence-corrected chi connectivity index (χ0v) is 10.6. The average molecular weight is 242 g/mol. The maximum absolute atomic E-state index is 11.8. The van der Waals surface area contributed by atoms with Crippen LogP contribution in [0.1, 0.15) is 33.1 Å². The average Bonchev–Trinajstić information content (AvgIpc) is 2.76. The van der Waals surface area contributed by atoms with E-state index in [-0.39, 0.29) is 17.7 Å². The van der Waals surface area contributed by atoms with Crippen LogP contribution in [0, 0.1) is 5.92 Å². The Hall–Kier alpha value is -1.10. The lowest BCUT2D eigenvalue weighted by Gasteiger charge is -2.15. The van der Waals surface area contributed by atoms with Gasteiger partial charge in [-0.05, 0) is 19.8 Å². The number of aliphatic hydroxyl groups excluding tert-OH is 1. The van der Waals surface area contributed by atoms with Crippen molar-refractivity contribution in [3.05, 3.63) is 0 Å². The number of aliphatic hydroxyl groups is 1. The maximum atomic E-state index is 11.8. The Morgan fingerprint density at radius 2 is 2.24 bits per heavy atom. The monoisotopic (exact) mass is 242 g/mol. The quantitative estimate of drug-likeness (QED) is 0.720. The van der Waals surface area contributed by atoms with Crippen molar-refractivity contribution < 1.29 is 14.7 Å². The van der Waals surface area contributed by atoms with Crippen molar-refractivity contribution in [1.82, 2.24) is 10.2 Å². The second-order valence-corrected chi connectivity index (χ2v) is 4.61. The number of hydrogen-bond donors (Lipinski definition) is 2. The van der Waals surface area contributed by atoms with Crippen molar-refractivity contribution in [3.63, 3.8) is 0 Å². The third-order valence-electron chi connectivity index (χ3n) is 3.08. The molecule has 0 aliphatic carbocycles. The molecule has 1 saturated heterocycles. The van der Waals surface area contributed by atoms with Crippen molar-refractivity contribution >= 4 is 11.8 Å². The smallest absolute Gasteiger partial charge is 0.224 e. The summed E-state index contributed by atoms with van der Waals surface area (Å²) in [6.07, 6.45) is 1.41. The van der Waals surface area contributed by atoms with Gasteiger partial charge in [-0.3, -0.25) is 9.59 Å². The van der Waals surface area contributed by atoms with Gasteiger partial charge in [-0.1, -0.05) is 6.92 Å². The summed E-state index contributed by atoms with van der Waals surface area (Å²) in [4.78, 5) is 24.9. The minimum absolute atomic E-state index is 0.00273. The molecule has 0 spiro atoms. The van der Waals surface area contributed by atoms with Gasteiger partial charge in [-0.25, -0.2) is 0 Å². The number of likely N-dealkylation sites (tertiary alicyclic amines) is 1. The summed E-state index contributed by atoms with van der Waals surface area (Å²) in [7, 11) is 0. The van der Waals surface area contributed by atoms with E-state index >= 15 is 0 Å². The molecule has 0 aromatic heterocycles. The molecule has 2 unspecified atom stereocenters.